The quantitative estimate of drug-likeness (QED) is 0.600. The average molecular weight is 392 g/mol. The maximum Gasteiger partial charge on any atom is 0.258 e. The van der Waals surface area contributed by atoms with Crippen molar-refractivity contribution in [3.63, 3.8) is 0 Å². The van der Waals surface area contributed by atoms with Crippen LogP contribution in [0.1, 0.15) is 16.1 Å². The molecule has 2 aromatic carbocycles. The minimum absolute atomic E-state index is 0.288. The van der Waals surface area contributed by atoms with E-state index in [1.54, 1.807) is 46.8 Å². The van der Waals surface area contributed by atoms with Crippen LogP contribution in [0.25, 0.3) is 5.69 Å². The first kappa shape index (κ1) is 17.9. The van der Waals surface area contributed by atoms with E-state index in [1.165, 1.54) is 0 Å². The fourth-order valence-corrected chi connectivity index (χ4v) is 3.21. The van der Waals surface area contributed by atoms with E-state index in [9.17, 15) is 4.79 Å². The maximum atomic E-state index is 12.7. The number of carbonyl (C=O) groups excluding carboxylic acids is 1. The van der Waals surface area contributed by atoms with Crippen LogP contribution >= 0.6 is 35.0 Å². The van der Waals surface area contributed by atoms with E-state index in [-0.39, 0.29) is 5.91 Å². The van der Waals surface area contributed by atoms with Gasteiger partial charge in [0.05, 0.1) is 22.0 Å². The lowest BCUT2D eigenvalue weighted by Crippen LogP contribution is -2.15. The minimum atomic E-state index is -0.288. The molecule has 128 valence electrons. The molecule has 0 saturated carbocycles. The summed E-state index contributed by atoms with van der Waals surface area (Å²) >= 11 is 13.8. The molecule has 1 heterocycles. The summed E-state index contributed by atoms with van der Waals surface area (Å²) in [6.45, 7) is 1.86. The van der Waals surface area contributed by atoms with E-state index >= 15 is 0 Å². The van der Waals surface area contributed by atoms with Gasteiger partial charge in [-0.1, -0.05) is 29.3 Å². The summed E-state index contributed by atoms with van der Waals surface area (Å²) in [7, 11) is 0. The Balaban J connectivity index is 1.95. The van der Waals surface area contributed by atoms with Crippen molar-refractivity contribution in [3.8, 4) is 5.69 Å². The zero-order valence-corrected chi connectivity index (χ0v) is 15.9. The predicted octanol–water partition coefficient (Wildman–Crippen LogP) is 5.46. The number of hydrogen-bond donors (Lipinski definition) is 1. The molecule has 0 aliphatic rings. The van der Waals surface area contributed by atoms with Crippen LogP contribution in [0, 0.1) is 6.92 Å². The van der Waals surface area contributed by atoms with E-state index in [2.05, 4.69) is 10.4 Å². The molecule has 1 N–H and O–H groups in total. The van der Waals surface area contributed by atoms with Gasteiger partial charge in [-0.15, -0.1) is 11.8 Å². The van der Waals surface area contributed by atoms with E-state index in [4.69, 9.17) is 23.2 Å². The first-order valence-corrected chi connectivity index (χ1v) is 9.43. The van der Waals surface area contributed by atoms with Crippen LogP contribution in [0.3, 0.4) is 0 Å². The SMILES string of the molecule is CSc1ccc(Cl)c(C(=O)Nc2cc(C)nn2-c2cccc(Cl)c2)c1. The lowest BCUT2D eigenvalue weighted by molar-refractivity contribution is 0.102. The number of hydrogen-bond acceptors (Lipinski definition) is 3. The van der Waals surface area contributed by atoms with E-state index in [1.807, 2.05) is 31.4 Å². The van der Waals surface area contributed by atoms with Crippen molar-refractivity contribution < 1.29 is 4.79 Å². The number of benzene rings is 2. The lowest BCUT2D eigenvalue weighted by Gasteiger charge is -2.10. The highest BCUT2D eigenvalue weighted by Crippen LogP contribution is 2.25. The van der Waals surface area contributed by atoms with Crippen LogP contribution in [-0.2, 0) is 0 Å². The van der Waals surface area contributed by atoms with Gasteiger partial charge >= 0.3 is 0 Å². The molecular formula is C18H15Cl2N3OS. The zero-order valence-electron chi connectivity index (χ0n) is 13.6. The summed E-state index contributed by atoms with van der Waals surface area (Å²) < 4.78 is 1.64. The van der Waals surface area contributed by atoms with Gasteiger partial charge in [0.2, 0.25) is 0 Å². The van der Waals surface area contributed by atoms with Gasteiger partial charge in [0.1, 0.15) is 5.82 Å². The molecule has 0 saturated heterocycles. The predicted molar refractivity (Wildman–Crippen MR) is 104 cm³/mol. The summed E-state index contributed by atoms with van der Waals surface area (Å²) in [5.41, 5.74) is 1.96. The molecule has 0 aliphatic carbocycles. The molecule has 4 nitrogen and oxygen atoms in total. The monoisotopic (exact) mass is 391 g/mol. The Bertz CT molecular complexity index is 940. The Hall–Kier alpha value is -1.95. The van der Waals surface area contributed by atoms with E-state index in [0.29, 0.717) is 21.4 Å². The highest BCUT2D eigenvalue weighted by atomic mass is 35.5. The molecule has 3 rings (SSSR count). The topological polar surface area (TPSA) is 46.9 Å². The van der Waals surface area contributed by atoms with Crippen molar-refractivity contribution in [1.29, 1.82) is 0 Å². The normalized spacial score (nSPS) is 10.7. The van der Waals surface area contributed by atoms with Crippen LogP contribution in [-0.4, -0.2) is 21.9 Å². The molecule has 7 heteroatoms. The summed E-state index contributed by atoms with van der Waals surface area (Å²) in [5, 5.41) is 8.31. The van der Waals surface area contributed by atoms with Gasteiger partial charge in [-0.25, -0.2) is 4.68 Å². The second-order valence-electron chi connectivity index (χ2n) is 5.36. The number of halogens is 2. The molecule has 25 heavy (non-hydrogen) atoms. The Morgan fingerprint density at radius 3 is 2.68 bits per heavy atom. The molecule has 0 atom stereocenters. The Kier molecular flexibility index (Phi) is 5.37. The van der Waals surface area contributed by atoms with E-state index in [0.717, 1.165) is 16.3 Å². The van der Waals surface area contributed by atoms with Gasteiger partial charge in [0.25, 0.3) is 5.91 Å². The third kappa shape index (κ3) is 4.00. The van der Waals surface area contributed by atoms with Crippen LogP contribution < -0.4 is 5.32 Å². The fourth-order valence-electron chi connectivity index (χ4n) is 2.38. The molecule has 0 radical (unpaired) electrons. The molecule has 0 bridgehead atoms. The molecular weight excluding hydrogens is 377 g/mol. The first-order chi connectivity index (χ1) is 12.0. The molecule has 0 spiro atoms. The third-order valence-electron chi connectivity index (χ3n) is 3.54. The largest absolute Gasteiger partial charge is 0.306 e. The molecule has 1 amide bonds. The minimum Gasteiger partial charge on any atom is -0.306 e. The van der Waals surface area contributed by atoms with Crippen LogP contribution in [0.15, 0.2) is 53.4 Å². The molecule has 0 aliphatic heterocycles. The second-order valence-corrected chi connectivity index (χ2v) is 7.09. The highest BCUT2D eigenvalue weighted by molar-refractivity contribution is 7.98. The summed E-state index contributed by atoms with van der Waals surface area (Å²) in [6.07, 6.45) is 1.95. The summed E-state index contributed by atoms with van der Waals surface area (Å²) in [4.78, 5) is 13.7. The van der Waals surface area contributed by atoms with Crippen molar-refractivity contribution in [1.82, 2.24) is 9.78 Å². The van der Waals surface area contributed by atoms with Gasteiger partial charge in [-0.2, -0.15) is 5.10 Å². The van der Waals surface area contributed by atoms with Crippen LogP contribution in [0.4, 0.5) is 5.82 Å². The first-order valence-electron chi connectivity index (χ1n) is 7.45. The smallest absolute Gasteiger partial charge is 0.258 e. The maximum absolute atomic E-state index is 12.7. The molecule has 1 aromatic heterocycles. The van der Waals surface area contributed by atoms with Crippen molar-refractivity contribution in [2.24, 2.45) is 0 Å². The van der Waals surface area contributed by atoms with Gasteiger partial charge < -0.3 is 5.32 Å². The van der Waals surface area contributed by atoms with E-state index < -0.39 is 0 Å². The number of carbonyl (C=O) groups is 1. The number of aromatic nitrogens is 2. The third-order valence-corrected chi connectivity index (χ3v) is 4.83. The number of nitrogens with one attached hydrogen (secondary N) is 1. The number of thioether (sulfide) groups is 1. The van der Waals surface area contributed by atoms with Crippen molar-refractivity contribution in [3.05, 3.63) is 69.8 Å². The van der Waals surface area contributed by atoms with Gasteiger partial charge in [0.15, 0.2) is 0 Å². The second kappa shape index (κ2) is 7.52. The lowest BCUT2D eigenvalue weighted by atomic mass is 10.2. The Morgan fingerprint density at radius 2 is 1.96 bits per heavy atom. The number of rotatable bonds is 4. The summed E-state index contributed by atoms with van der Waals surface area (Å²) in [5.74, 6) is 0.263. The van der Waals surface area contributed by atoms with Crippen LogP contribution in [0.5, 0.6) is 0 Å². The number of nitrogens with zero attached hydrogens (tertiary/aromatic N) is 2. The van der Waals surface area contributed by atoms with Gasteiger partial charge in [0, 0.05) is 16.0 Å². The molecule has 0 fully saturated rings. The number of anilines is 1. The number of amides is 1. The van der Waals surface area contributed by atoms with Crippen molar-refractivity contribution >= 4 is 46.7 Å². The highest BCUT2D eigenvalue weighted by Gasteiger charge is 2.15. The molecule has 0 unspecified atom stereocenters. The van der Waals surface area contributed by atoms with Crippen molar-refractivity contribution in [2.75, 3.05) is 11.6 Å². The van der Waals surface area contributed by atoms with Crippen LogP contribution in [0.2, 0.25) is 10.0 Å². The zero-order chi connectivity index (χ0) is 18.0. The summed E-state index contributed by atoms with van der Waals surface area (Å²) in [6, 6.07) is 14.4. The standard InChI is InChI=1S/C18H15Cl2N3OS/c1-11-8-17(23(22-11)13-5-3-4-12(19)9-13)21-18(24)15-10-14(25-2)6-7-16(15)20/h3-10H,1-2H3,(H,21,24). The molecule has 3 aromatic rings. The fraction of sp³-hybridized carbons (Fsp3) is 0.111. The Morgan fingerprint density at radius 1 is 1.16 bits per heavy atom. The van der Waals surface area contributed by atoms with Gasteiger partial charge in [-0.05, 0) is 49.6 Å². The average Bonchev–Trinajstić information content (AvgIpc) is 2.95. The van der Waals surface area contributed by atoms with Crippen molar-refractivity contribution in [2.45, 2.75) is 11.8 Å². The Labute approximate surface area is 160 Å². The number of aryl methyl sites for hydroxylation is 1. The van der Waals surface area contributed by atoms with Gasteiger partial charge in [-0.3, -0.25) is 4.79 Å².